The summed E-state index contributed by atoms with van der Waals surface area (Å²) >= 11 is 5.96. The van der Waals surface area contributed by atoms with Gasteiger partial charge in [-0.1, -0.05) is 30.7 Å². The molecule has 1 amide bonds. The van der Waals surface area contributed by atoms with Gasteiger partial charge in [-0.05, 0) is 37.1 Å². The first-order valence-corrected chi connectivity index (χ1v) is 8.83. The van der Waals surface area contributed by atoms with Gasteiger partial charge in [-0.3, -0.25) is 4.79 Å². The Morgan fingerprint density at radius 3 is 2.74 bits per heavy atom. The van der Waals surface area contributed by atoms with Gasteiger partial charge in [0.1, 0.15) is 0 Å². The van der Waals surface area contributed by atoms with E-state index in [2.05, 4.69) is 29.1 Å². The van der Waals surface area contributed by atoms with Crippen molar-refractivity contribution in [1.82, 2.24) is 15.1 Å². The minimum Gasteiger partial charge on any atom is -0.356 e. The summed E-state index contributed by atoms with van der Waals surface area (Å²) in [6, 6.07) is 7.71. The molecule has 1 aliphatic rings. The molecule has 1 aromatic rings. The molecule has 0 radical (unpaired) electrons. The van der Waals surface area contributed by atoms with E-state index >= 15 is 0 Å². The van der Waals surface area contributed by atoms with Gasteiger partial charge in [-0.15, -0.1) is 0 Å². The molecule has 5 heteroatoms. The standard InChI is InChI=1S/C18H28ClN3O/c1-15(14-22-10-8-21(2)9-11-22)13-20-18(23)7-6-16-4-3-5-17(19)12-16/h3-5,12,15H,6-11,13-14H2,1-2H3,(H,20,23). The summed E-state index contributed by atoms with van der Waals surface area (Å²) in [5, 5.41) is 3.78. The number of nitrogens with zero attached hydrogens (tertiary/aromatic N) is 2. The molecule has 1 fully saturated rings. The van der Waals surface area contributed by atoms with Crippen LogP contribution in [-0.4, -0.2) is 62.0 Å². The van der Waals surface area contributed by atoms with E-state index in [0.717, 1.165) is 56.3 Å². The second-order valence-electron chi connectivity index (χ2n) is 6.64. The molecule has 23 heavy (non-hydrogen) atoms. The van der Waals surface area contributed by atoms with Crippen LogP contribution in [0.4, 0.5) is 0 Å². The lowest BCUT2D eigenvalue weighted by molar-refractivity contribution is -0.121. The topological polar surface area (TPSA) is 35.6 Å². The molecule has 1 saturated heterocycles. The maximum atomic E-state index is 12.0. The van der Waals surface area contributed by atoms with Crippen LogP contribution in [0.25, 0.3) is 0 Å². The molecular formula is C18H28ClN3O. The third-order valence-electron chi connectivity index (χ3n) is 4.34. The van der Waals surface area contributed by atoms with Crippen molar-refractivity contribution in [2.75, 3.05) is 46.3 Å². The van der Waals surface area contributed by atoms with Crippen molar-refractivity contribution in [3.8, 4) is 0 Å². The summed E-state index contributed by atoms with van der Waals surface area (Å²) in [7, 11) is 2.17. The van der Waals surface area contributed by atoms with E-state index in [1.807, 2.05) is 24.3 Å². The van der Waals surface area contributed by atoms with Crippen molar-refractivity contribution in [3.05, 3.63) is 34.9 Å². The zero-order chi connectivity index (χ0) is 16.7. The lowest BCUT2D eigenvalue weighted by Crippen LogP contribution is -2.46. The fourth-order valence-corrected chi connectivity index (χ4v) is 3.08. The van der Waals surface area contributed by atoms with Gasteiger partial charge in [0, 0.05) is 50.7 Å². The van der Waals surface area contributed by atoms with Crippen molar-refractivity contribution < 1.29 is 4.79 Å². The Morgan fingerprint density at radius 1 is 1.30 bits per heavy atom. The third-order valence-corrected chi connectivity index (χ3v) is 4.58. The molecule has 128 valence electrons. The van der Waals surface area contributed by atoms with E-state index in [-0.39, 0.29) is 5.91 Å². The average Bonchev–Trinajstić information content (AvgIpc) is 2.53. The normalized spacial score (nSPS) is 17.9. The molecule has 2 rings (SSSR count). The van der Waals surface area contributed by atoms with Crippen LogP contribution < -0.4 is 5.32 Å². The SMILES string of the molecule is CC(CNC(=O)CCc1cccc(Cl)c1)CN1CCN(C)CC1. The number of amides is 1. The molecule has 1 aromatic carbocycles. The minimum atomic E-state index is 0.121. The van der Waals surface area contributed by atoms with Crippen LogP contribution in [0.3, 0.4) is 0 Å². The lowest BCUT2D eigenvalue weighted by Gasteiger charge is -2.33. The van der Waals surface area contributed by atoms with Crippen LogP contribution in [-0.2, 0) is 11.2 Å². The van der Waals surface area contributed by atoms with Crippen molar-refractivity contribution in [1.29, 1.82) is 0 Å². The second kappa shape index (κ2) is 9.26. The molecule has 1 N–H and O–H groups in total. The van der Waals surface area contributed by atoms with Gasteiger partial charge in [-0.2, -0.15) is 0 Å². The maximum absolute atomic E-state index is 12.0. The highest BCUT2D eigenvalue weighted by Gasteiger charge is 2.16. The monoisotopic (exact) mass is 337 g/mol. The fraction of sp³-hybridized carbons (Fsp3) is 0.611. The van der Waals surface area contributed by atoms with E-state index in [1.54, 1.807) is 0 Å². The number of halogens is 1. The summed E-state index contributed by atoms with van der Waals surface area (Å²) in [5.41, 5.74) is 1.11. The number of nitrogens with one attached hydrogen (secondary N) is 1. The van der Waals surface area contributed by atoms with Gasteiger partial charge in [0.25, 0.3) is 0 Å². The van der Waals surface area contributed by atoms with Crippen molar-refractivity contribution in [2.24, 2.45) is 5.92 Å². The van der Waals surface area contributed by atoms with E-state index in [4.69, 9.17) is 11.6 Å². The van der Waals surface area contributed by atoms with Gasteiger partial charge < -0.3 is 15.1 Å². The zero-order valence-corrected chi connectivity index (χ0v) is 15.0. The minimum absolute atomic E-state index is 0.121. The van der Waals surface area contributed by atoms with Crippen LogP contribution in [0.5, 0.6) is 0 Å². The highest BCUT2D eigenvalue weighted by atomic mass is 35.5. The van der Waals surface area contributed by atoms with Crippen LogP contribution >= 0.6 is 11.6 Å². The Morgan fingerprint density at radius 2 is 2.04 bits per heavy atom. The summed E-state index contributed by atoms with van der Waals surface area (Å²) in [6.07, 6.45) is 1.25. The number of piperazine rings is 1. The molecule has 1 heterocycles. The molecular weight excluding hydrogens is 310 g/mol. The Kier molecular flexibility index (Phi) is 7.34. The first-order valence-electron chi connectivity index (χ1n) is 8.45. The Labute approximate surface area is 144 Å². The van der Waals surface area contributed by atoms with E-state index in [1.165, 1.54) is 0 Å². The number of carbonyl (C=O) groups excluding carboxylic acids is 1. The largest absolute Gasteiger partial charge is 0.356 e. The number of aryl methyl sites for hydroxylation is 1. The first kappa shape index (κ1) is 18.2. The molecule has 0 bridgehead atoms. The first-order chi connectivity index (χ1) is 11.0. The Hall–Kier alpha value is -1.10. The highest BCUT2D eigenvalue weighted by molar-refractivity contribution is 6.30. The summed E-state index contributed by atoms with van der Waals surface area (Å²) < 4.78 is 0. The van der Waals surface area contributed by atoms with Crippen molar-refractivity contribution in [3.63, 3.8) is 0 Å². The Bertz CT molecular complexity index is 501. The summed E-state index contributed by atoms with van der Waals surface area (Å²) in [5.74, 6) is 0.601. The molecule has 1 unspecified atom stereocenters. The zero-order valence-electron chi connectivity index (χ0n) is 14.2. The van der Waals surface area contributed by atoms with Gasteiger partial charge in [0.15, 0.2) is 0 Å². The molecule has 0 aliphatic carbocycles. The van der Waals surface area contributed by atoms with E-state index < -0.39 is 0 Å². The molecule has 4 nitrogen and oxygen atoms in total. The number of rotatable bonds is 7. The maximum Gasteiger partial charge on any atom is 0.220 e. The predicted octanol–water partition coefficient (Wildman–Crippen LogP) is 2.27. The van der Waals surface area contributed by atoms with Gasteiger partial charge in [-0.25, -0.2) is 0 Å². The second-order valence-corrected chi connectivity index (χ2v) is 7.08. The summed E-state index contributed by atoms with van der Waals surface area (Å²) in [6.45, 7) is 8.54. The van der Waals surface area contributed by atoms with Crippen LogP contribution in [0.2, 0.25) is 5.02 Å². The van der Waals surface area contributed by atoms with Crippen LogP contribution in [0.1, 0.15) is 18.9 Å². The van der Waals surface area contributed by atoms with Crippen LogP contribution in [0, 0.1) is 5.92 Å². The number of carbonyl (C=O) groups is 1. The summed E-state index contributed by atoms with van der Waals surface area (Å²) in [4.78, 5) is 16.8. The molecule has 0 spiro atoms. The molecule has 1 atom stereocenters. The molecule has 0 saturated carbocycles. The third kappa shape index (κ3) is 6.90. The number of hydrogen-bond acceptors (Lipinski definition) is 3. The molecule has 1 aliphatic heterocycles. The number of hydrogen-bond donors (Lipinski definition) is 1. The Balaban J connectivity index is 1.62. The van der Waals surface area contributed by atoms with Gasteiger partial charge >= 0.3 is 0 Å². The number of likely N-dealkylation sites (N-methyl/N-ethyl adjacent to an activating group) is 1. The van der Waals surface area contributed by atoms with Gasteiger partial charge in [0.2, 0.25) is 5.91 Å². The smallest absolute Gasteiger partial charge is 0.220 e. The highest BCUT2D eigenvalue weighted by Crippen LogP contribution is 2.12. The molecule has 0 aromatic heterocycles. The van der Waals surface area contributed by atoms with Crippen molar-refractivity contribution >= 4 is 17.5 Å². The number of benzene rings is 1. The van der Waals surface area contributed by atoms with Gasteiger partial charge in [0.05, 0.1) is 0 Å². The average molecular weight is 338 g/mol. The lowest BCUT2D eigenvalue weighted by atomic mass is 10.1. The van der Waals surface area contributed by atoms with E-state index in [9.17, 15) is 4.79 Å². The van der Waals surface area contributed by atoms with Crippen LogP contribution in [0.15, 0.2) is 24.3 Å². The van der Waals surface area contributed by atoms with Crippen molar-refractivity contribution in [2.45, 2.75) is 19.8 Å². The predicted molar refractivity (Wildman–Crippen MR) is 95.9 cm³/mol. The quantitative estimate of drug-likeness (QED) is 0.829. The van der Waals surface area contributed by atoms with E-state index in [0.29, 0.717) is 12.3 Å². The fourth-order valence-electron chi connectivity index (χ4n) is 2.86.